The SMILES string of the molecule is CC(=O)c1ccc(OCC(=O)Nc2ccc(-c3ccc(N4CCCCCC4)nn3)cc2)cc1. The Morgan fingerprint density at radius 3 is 2.18 bits per heavy atom. The number of nitrogens with zero attached hydrogens (tertiary/aromatic N) is 3. The molecule has 7 nitrogen and oxygen atoms in total. The van der Waals surface area contributed by atoms with Gasteiger partial charge >= 0.3 is 0 Å². The van der Waals surface area contributed by atoms with Crippen LogP contribution in [0.5, 0.6) is 5.75 Å². The molecule has 0 unspecified atom stereocenters. The average Bonchev–Trinajstić information content (AvgIpc) is 3.13. The topological polar surface area (TPSA) is 84.4 Å². The molecular weight excluding hydrogens is 416 g/mol. The van der Waals surface area contributed by atoms with Crippen molar-refractivity contribution in [1.29, 1.82) is 0 Å². The molecule has 170 valence electrons. The van der Waals surface area contributed by atoms with Gasteiger partial charge in [-0.05, 0) is 68.3 Å². The number of benzene rings is 2. The van der Waals surface area contributed by atoms with Crippen LogP contribution in [0.2, 0.25) is 0 Å². The van der Waals surface area contributed by atoms with Crippen LogP contribution >= 0.6 is 0 Å². The minimum absolute atomic E-state index is 0.0120. The Hall–Kier alpha value is -3.74. The second-order valence-corrected chi connectivity index (χ2v) is 8.17. The molecule has 1 saturated heterocycles. The van der Waals surface area contributed by atoms with E-state index in [2.05, 4.69) is 20.4 Å². The fourth-order valence-corrected chi connectivity index (χ4v) is 3.80. The molecule has 0 bridgehead atoms. The van der Waals surface area contributed by atoms with E-state index in [0.29, 0.717) is 17.0 Å². The number of hydrogen-bond acceptors (Lipinski definition) is 6. The third-order valence-corrected chi connectivity index (χ3v) is 5.68. The number of hydrogen-bond donors (Lipinski definition) is 1. The van der Waals surface area contributed by atoms with Crippen molar-refractivity contribution < 1.29 is 14.3 Å². The Balaban J connectivity index is 1.30. The van der Waals surface area contributed by atoms with E-state index in [1.807, 2.05) is 36.4 Å². The van der Waals surface area contributed by atoms with E-state index in [1.165, 1.54) is 32.6 Å². The largest absolute Gasteiger partial charge is 0.484 e. The molecule has 0 spiro atoms. The summed E-state index contributed by atoms with van der Waals surface area (Å²) in [6, 6.07) is 18.2. The summed E-state index contributed by atoms with van der Waals surface area (Å²) in [5.41, 5.74) is 3.01. The zero-order valence-corrected chi connectivity index (χ0v) is 18.8. The third-order valence-electron chi connectivity index (χ3n) is 5.68. The molecule has 4 rings (SSSR count). The third kappa shape index (κ3) is 6.16. The van der Waals surface area contributed by atoms with Gasteiger partial charge in [0.1, 0.15) is 5.75 Å². The molecule has 1 N–H and O–H groups in total. The van der Waals surface area contributed by atoms with Crippen LogP contribution in [0.15, 0.2) is 60.7 Å². The summed E-state index contributed by atoms with van der Waals surface area (Å²) in [6.45, 7) is 3.46. The summed E-state index contributed by atoms with van der Waals surface area (Å²) >= 11 is 0. The Bertz CT molecular complexity index is 1070. The number of ether oxygens (including phenoxy) is 1. The number of nitrogens with one attached hydrogen (secondary N) is 1. The number of carbonyl (C=O) groups is 2. The minimum atomic E-state index is -0.264. The van der Waals surface area contributed by atoms with E-state index in [4.69, 9.17) is 4.74 Å². The van der Waals surface area contributed by atoms with Gasteiger partial charge in [-0.15, -0.1) is 10.2 Å². The highest BCUT2D eigenvalue weighted by Gasteiger charge is 2.12. The average molecular weight is 445 g/mol. The van der Waals surface area contributed by atoms with Crippen LogP contribution < -0.4 is 15.0 Å². The second kappa shape index (κ2) is 10.7. The van der Waals surface area contributed by atoms with Gasteiger partial charge in [0.25, 0.3) is 5.91 Å². The molecule has 1 aromatic heterocycles. The summed E-state index contributed by atoms with van der Waals surface area (Å²) in [6.07, 6.45) is 4.97. The fraction of sp³-hybridized carbons (Fsp3) is 0.308. The minimum Gasteiger partial charge on any atom is -0.484 e. The van der Waals surface area contributed by atoms with E-state index in [1.54, 1.807) is 24.3 Å². The monoisotopic (exact) mass is 444 g/mol. The molecule has 7 heteroatoms. The first kappa shape index (κ1) is 22.5. The summed E-state index contributed by atoms with van der Waals surface area (Å²) in [4.78, 5) is 25.8. The molecule has 1 aliphatic rings. The fourth-order valence-electron chi connectivity index (χ4n) is 3.80. The maximum atomic E-state index is 12.2. The van der Waals surface area contributed by atoms with Crippen molar-refractivity contribution in [3.63, 3.8) is 0 Å². The quantitative estimate of drug-likeness (QED) is 0.530. The van der Waals surface area contributed by atoms with Gasteiger partial charge in [-0.2, -0.15) is 0 Å². The Morgan fingerprint density at radius 1 is 0.879 bits per heavy atom. The van der Waals surface area contributed by atoms with Gasteiger partial charge in [0.2, 0.25) is 0 Å². The zero-order chi connectivity index (χ0) is 23.0. The number of anilines is 2. The predicted octanol–water partition coefficient (Wildman–Crippen LogP) is 4.74. The number of ketones is 1. The van der Waals surface area contributed by atoms with E-state index in [-0.39, 0.29) is 18.3 Å². The van der Waals surface area contributed by atoms with Crippen molar-refractivity contribution >= 4 is 23.2 Å². The van der Waals surface area contributed by atoms with Crippen molar-refractivity contribution in [3.8, 4) is 17.0 Å². The first-order valence-electron chi connectivity index (χ1n) is 11.3. The molecule has 0 aliphatic carbocycles. The lowest BCUT2D eigenvalue weighted by atomic mass is 10.1. The normalized spacial score (nSPS) is 13.8. The van der Waals surface area contributed by atoms with Crippen LogP contribution in [0.3, 0.4) is 0 Å². The molecule has 0 saturated carbocycles. The maximum absolute atomic E-state index is 12.2. The molecule has 0 radical (unpaired) electrons. The molecule has 2 heterocycles. The van der Waals surface area contributed by atoms with Gasteiger partial charge in [0, 0.05) is 29.9 Å². The van der Waals surface area contributed by atoms with Gasteiger partial charge < -0.3 is 15.0 Å². The lowest BCUT2D eigenvalue weighted by Gasteiger charge is -2.20. The highest BCUT2D eigenvalue weighted by atomic mass is 16.5. The molecule has 2 aromatic carbocycles. The second-order valence-electron chi connectivity index (χ2n) is 8.17. The van der Waals surface area contributed by atoms with E-state index in [0.717, 1.165) is 30.2 Å². The van der Waals surface area contributed by atoms with Crippen molar-refractivity contribution in [2.45, 2.75) is 32.6 Å². The van der Waals surface area contributed by atoms with Crippen LogP contribution in [-0.4, -0.2) is 41.6 Å². The molecule has 1 fully saturated rings. The summed E-state index contributed by atoms with van der Waals surface area (Å²) in [5, 5.41) is 11.7. The summed E-state index contributed by atoms with van der Waals surface area (Å²) in [5.74, 6) is 1.19. The van der Waals surface area contributed by atoms with E-state index >= 15 is 0 Å². The number of carbonyl (C=O) groups excluding carboxylic acids is 2. The maximum Gasteiger partial charge on any atom is 0.262 e. The van der Waals surface area contributed by atoms with Crippen molar-refractivity contribution in [2.24, 2.45) is 0 Å². The highest BCUT2D eigenvalue weighted by molar-refractivity contribution is 5.94. The van der Waals surface area contributed by atoms with Crippen LogP contribution in [0.25, 0.3) is 11.3 Å². The van der Waals surface area contributed by atoms with Crippen molar-refractivity contribution in [2.75, 3.05) is 29.9 Å². The predicted molar refractivity (Wildman–Crippen MR) is 129 cm³/mol. The standard InChI is InChI=1S/C26H28N4O3/c1-19(31)20-8-12-23(13-9-20)33-18-26(32)27-22-10-6-21(7-11-22)24-14-15-25(29-28-24)30-16-4-2-3-5-17-30/h6-15H,2-5,16-18H2,1H3,(H,27,32). The molecule has 33 heavy (non-hydrogen) atoms. The lowest BCUT2D eigenvalue weighted by molar-refractivity contribution is -0.118. The number of amides is 1. The number of rotatable bonds is 7. The first-order valence-corrected chi connectivity index (χ1v) is 11.3. The van der Waals surface area contributed by atoms with Gasteiger partial charge in [-0.25, -0.2) is 0 Å². The first-order chi connectivity index (χ1) is 16.1. The zero-order valence-electron chi connectivity index (χ0n) is 18.8. The summed E-state index contributed by atoms with van der Waals surface area (Å²) in [7, 11) is 0. The molecule has 1 amide bonds. The van der Waals surface area contributed by atoms with Gasteiger partial charge in [0.15, 0.2) is 18.2 Å². The van der Waals surface area contributed by atoms with Crippen LogP contribution in [0.4, 0.5) is 11.5 Å². The van der Waals surface area contributed by atoms with Crippen molar-refractivity contribution in [3.05, 3.63) is 66.2 Å². The number of Topliss-reactive ketones (excluding diaryl/α,β-unsaturated/α-hetero) is 1. The Morgan fingerprint density at radius 2 is 1.58 bits per heavy atom. The van der Waals surface area contributed by atoms with Crippen LogP contribution in [0.1, 0.15) is 43.0 Å². The molecular formula is C26H28N4O3. The van der Waals surface area contributed by atoms with Gasteiger partial charge in [-0.3, -0.25) is 9.59 Å². The van der Waals surface area contributed by atoms with Gasteiger partial charge in [-0.1, -0.05) is 25.0 Å². The summed E-state index contributed by atoms with van der Waals surface area (Å²) < 4.78 is 5.49. The lowest BCUT2D eigenvalue weighted by Crippen LogP contribution is -2.25. The number of aromatic nitrogens is 2. The highest BCUT2D eigenvalue weighted by Crippen LogP contribution is 2.22. The molecule has 0 atom stereocenters. The van der Waals surface area contributed by atoms with E-state index in [9.17, 15) is 9.59 Å². The van der Waals surface area contributed by atoms with Crippen molar-refractivity contribution in [1.82, 2.24) is 10.2 Å². The molecule has 3 aromatic rings. The Labute approximate surface area is 193 Å². The molecule has 1 aliphatic heterocycles. The van der Waals surface area contributed by atoms with E-state index < -0.39 is 0 Å². The van der Waals surface area contributed by atoms with Crippen LogP contribution in [-0.2, 0) is 4.79 Å². The van der Waals surface area contributed by atoms with Crippen LogP contribution in [0, 0.1) is 0 Å². The Kier molecular flexibility index (Phi) is 7.29. The smallest absolute Gasteiger partial charge is 0.262 e. The van der Waals surface area contributed by atoms with Gasteiger partial charge in [0.05, 0.1) is 5.69 Å².